The maximum Gasteiger partial charge on any atom is 0.253 e. The summed E-state index contributed by atoms with van der Waals surface area (Å²) in [6, 6.07) is 6.24. The lowest BCUT2D eigenvalue weighted by atomic mass is 9.96. The monoisotopic (exact) mass is 271 g/mol. The highest BCUT2D eigenvalue weighted by Crippen LogP contribution is 2.27. The SMILES string of the molecule is CNc1c(N2CCc3ccc(CN)cc3C2)c(=O)c1=O. The van der Waals surface area contributed by atoms with Crippen molar-refractivity contribution in [2.45, 2.75) is 19.5 Å². The van der Waals surface area contributed by atoms with Crippen LogP contribution in [0.15, 0.2) is 27.8 Å². The number of anilines is 2. The van der Waals surface area contributed by atoms with E-state index in [1.165, 1.54) is 11.1 Å². The smallest absolute Gasteiger partial charge is 0.253 e. The van der Waals surface area contributed by atoms with Gasteiger partial charge in [0.05, 0.1) is 0 Å². The van der Waals surface area contributed by atoms with E-state index in [0.29, 0.717) is 24.5 Å². The third-order valence-corrected chi connectivity index (χ3v) is 3.97. The molecule has 20 heavy (non-hydrogen) atoms. The van der Waals surface area contributed by atoms with E-state index in [-0.39, 0.29) is 5.43 Å². The van der Waals surface area contributed by atoms with Crippen LogP contribution in [0.4, 0.5) is 11.4 Å². The molecule has 0 aliphatic carbocycles. The third-order valence-electron chi connectivity index (χ3n) is 3.97. The summed E-state index contributed by atoms with van der Waals surface area (Å²) in [4.78, 5) is 25.2. The van der Waals surface area contributed by atoms with Gasteiger partial charge in [0, 0.05) is 26.7 Å². The number of nitrogens with zero attached hydrogens (tertiary/aromatic N) is 1. The van der Waals surface area contributed by atoms with Crippen LogP contribution >= 0.6 is 0 Å². The molecule has 3 N–H and O–H groups in total. The Bertz CT molecular complexity index is 729. The summed E-state index contributed by atoms with van der Waals surface area (Å²) < 4.78 is 0. The van der Waals surface area contributed by atoms with E-state index in [4.69, 9.17) is 5.73 Å². The van der Waals surface area contributed by atoms with Crippen molar-refractivity contribution in [3.8, 4) is 0 Å². The molecule has 1 aliphatic rings. The van der Waals surface area contributed by atoms with Crippen LogP contribution in [0.5, 0.6) is 0 Å². The van der Waals surface area contributed by atoms with Crippen molar-refractivity contribution < 1.29 is 0 Å². The van der Waals surface area contributed by atoms with Gasteiger partial charge in [-0.2, -0.15) is 0 Å². The van der Waals surface area contributed by atoms with Gasteiger partial charge in [0.2, 0.25) is 0 Å². The highest BCUT2D eigenvalue weighted by atomic mass is 16.2. The number of rotatable bonds is 3. The predicted molar refractivity (Wildman–Crippen MR) is 80.0 cm³/mol. The van der Waals surface area contributed by atoms with Crippen molar-refractivity contribution in [2.75, 3.05) is 23.8 Å². The lowest BCUT2D eigenvalue weighted by molar-refractivity contribution is 0.725. The average Bonchev–Trinajstić information content (AvgIpc) is 2.50. The van der Waals surface area contributed by atoms with Crippen LogP contribution in [-0.4, -0.2) is 13.6 Å². The van der Waals surface area contributed by atoms with Crippen LogP contribution in [0.25, 0.3) is 0 Å². The zero-order valence-corrected chi connectivity index (χ0v) is 11.4. The van der Waals surface area contributed by atoms with E-state index in [1.807, 2.05) is 11.0 Å². The molecule has 5 heteroatoms. The van der Waals surface area contributed by atoms with Gasteiger partial charge in [0.15, 0.2) is 0 Å². The van der Waals surface area contributed by atoms with E-state index in [2.05, 4.69) is 17.4 Å². The molecule has 5 nitrogen and oxygen atoms in total. The number of hydrogen-bond donors (Lipinski definition) is 2. The maximum atomic E-state index is 11.8. The summed E-state index contributed by atoms with van der Waals surface area (Å²) in [6.45, 7) is 1.92. The second kappa shape index (κ2) is 4.76. The summed E-state index contributed by atoms with van der Waals surface area (Å²) in [7, 11) is 1.67. The van der Waals surface area contributed by atoms with Gasteiger partial charge in [-0.3, -0.25) is 9.59 Å². The number of hydrogen-bond acceptors (Lipinski definition) is 5. The van der Waals surface area contributed by atoms with Crippen molar-refractivity contribution >= 4 is 11.4 Å². The summed E-state index contributed by atoms with van der Waals surface area (Å²) in [5.41, 5.74) is 9.41. The highest BCUT2D eigenvalue weighted by molar-refractivity contribution is 5.75. The first-order valence-corrected chi connectivity index (χ1v) is 6.72. The van der Waals surface area contributed by atoms with Gasteiger partial charge >= 0.3 is 0 Å². The maximum absolute atomic E-state index is 11.8. The van der Waals surface area contributed by atoms with Crippen LogP contribution in [0, 0.1) is 0 Å². The first kappa shape index (κ1) is 12.9. The predicted octanol–water partition coefficient (Wildman–Crippen LogP) is 0.346. The van der Waals surface area contributed by atoms with Crippen molar-refractivity contribution in [3.05, 3.63) is 55.3 Å². The van der Waals surface area contributed by atoms with Crippen LogP contribution in [-0.2, 0) is 19.5 Å². The number of fused-ring (bicyclic) bond motifs is 1. The Labute approximate surface area is 116 Å². The molecule has 0 saturated heterocycles. The van der Waals surface area contributed by atoms with E-state index in [9.17, 15) is 9.59 Å². The Balaban J connectivity index is 1.94. The molecule has 0 unspecified atom stereocenters. The van der Waals surface area contributed by atoms with Crippen LogP contribution < -0.4 is 26.8 Å². The first-order chi connectivity index (χ1) is 9.65. The fraction of sp³-hybridized carbons (Fsp3) is 0.333. The fourth-order valence-corrected chi connectivity index (χ4v) is 2.84. The zero-order chi connectivity index (χ0) is 14.3. The second-order valence-corrected chi connectivity index (χ2v) is 5.11. The quantitative estimate of drug-likeness (QED) is 0.788. The van der Waals surface area contributed by atoms with Crippen LogP contribution in [0.3, 0.4) is 0 Å². The minimum absolute atomic E-state index is 0.382. The molecule has 104 valence electrons. The molecule has 1 heterocycles. The summed E-state index contributed by atoms with van der Waals surface area (Å²) in [6.07, 6.45) is 0.877. The molecule has 0 atom stereocenters. The standard InChI is InChI=1S/C15H17N3O2/c1-17-12-13(15(20)14(12)19)18-5-4-10-3-2-9(7-16)6-11(10)8-18/h2-3,6,17H,4-5,7-8,16H2,1H3. The molecule has 0 spiro atoms. The lowest BCUT2D eigenvalue weighted by Crippen LogP contribution is -2.44. The minimum atomic E-state index is -0.413. The Kier molecular flexibility index (Phi) is 3.06. The van der Waals surface area contributed by atoms with E-state index in [1.54, 1.807) is 7.05 Å². The van der Waals surface area contributed by atoms with Gasteiger partial charge in [0.1, 0.15) is 11.4 Å². The number of nitrogens with two attached hydrogens (primary N) is 1. The zero-order valence-electron chi connectivity index (χ0n) is 11.4. The Morgan fingerprint density at radius 1 is 1.25 bits per heavy atom. The molecule has 0 fully saturated rings. The Morgan fingerprint density at radius 2 is 2.05 bits per heavy atom. The fourth-order valence-electron chi connectivity index (χ4n) is 2.84. The summed E-state index contributed by atoms with van der Waals surface area (Å²) in [5.74, 6) is 0. The van der Waals surface area contributed by atoms with Gasteiger partial charge in [-0.1, -0.05) is 18.2 Å². The van der Waals surface area contributed by atoms with Crippen molar-refractivity contribution in [2.24, 2.45) is 5.73 Å². The molecule has 0 amide bonds. The molecule has 0 radical (unpaired) electrons. The summed E-state index contributed by atoms with van der Waals surface area (Å²) in [5, 5.41) is 2.82. The normalized spacial score (nSPS) is 14.4. The molecule has 3 rings (SSSR count). The largest absolute Gasteiger partial charge is 0.383 e. The molecule has 1 aliphatic heterocycles. The molecular weight excluding hydrogens is 254 g/mol. The number of benzene rings is 1. The van der Waals surface area contributed by atoms with Gasteiger partial charge in [-0.15, -0.1) is 0 Å². The van der Waals surface area contributed by atoms with E-state index < -0.39 is 5.43 Å². The van der Waals surface area contributed by atoms with Gasteiger partial charge in [-0.05, 0) is 23.1 Å². The Morgan fingerprint density at radius 3 is 2.75 bits per heavy atom. The third kappa shape index (κ3) is 1.82. The highest BCUT2D eigenvalue weighted by Gasteiger charge is 2.27. The van der Waals surface area contributed by atoms with Crippen molar-refractivity contribution in [3.63, 3.8) is 0 Å². The van der Waals surface area contributed by atoms with Crippen LogP contribution in [0.2, 0.25) is 0 Å². The lowest BCUT2D eigenvalue weighted by Gasteiger charge is -2.32. The first-order valence-electron chi connectivity index (χ1n) is 6.72. The van der Waals surface area contributed by atoms with Crippen molar-refractivity contribution in [1.82, 2.24) is 0 Å². The topological polar surface area (TPSA) is 75.4 Å². The van der Waals surface area contributed by atoms with Gasteiger partial charge in [-0.25, -0.2) is 0 Å². The molecule has 0 aromatic heterocycles. The molecular formula is C15H17N3O2. The average molecular weight is 271 g/mol. The molecule has 0 bridgehead atoms. The van der Waals surface area contributed by atoms with Gasteiger partial charge in [0.25, 0.3) is 10.9 Å². The number of nitrogens with one attached hydrogen (secondary N) is 1. The minimum Gasteiger partial charge on any atom is -0.383 e. The molecule has 2 aromatic rings. The van der Waals surface area contributed by atoms with E-state index >= 15 is 0 Å². The van der Waals surface area contributed by atoms with E-state index in [0.717, 1.165) is 18.5 Å². The van der Waals surface area contributed by atoms with Crippen LogP contribution in [0.1, 0.15) is 16.7 Å². The van der Waals surface area contributed by atoms with Gasteiger partial charge < -0.3 is 16.0 Å². The molecule has 2 aromatic carbocycles. The summed E-state index contributed by atoms with van der Waals surface area (Å²) >= 11 is 0. The molecule has 0 saturated carbocycles. The second-order valence-electron chi connectivity index (χ2n) is 5.11. The van der Waals surface area contributed by atoms with Crippen molar-refractivity contribution in [1.29, 1.82) is 0 Å². The Hall–Kier alpha value is -2.14.